The number of para-hydroxylation sites is 3. The van der Waals surface area contributed by atoms with Gasteiger partial charge in [0.1, 0.15) is 0 Å². The summed E-state index contributed by atoms with van der Waals surface area (Å²) in [5.74, 6) is 0.703. The third kappa shape index (κ3) is 9.61. The van der Waals surface area contributed by atoms with Gasteiger partial charge in [-0.05, 0) is 129 Å². The van der Waals surface area contributed by atoms with Crippen LogP contribution in [-0.4, -0.2) is 24.1 Å². The zero-order valence-electron chi connectivity index (χ0n) is 54.0. The van der Waals surface area contributed by atoms with Crippen molar-refractivity contribution in [3.63, 3.8) is 0 Å². The van der Waals surface area contributed by atoms with Gasteiger partial charge >= 0.3 is 0 Å². The molecule has 466 valence electrons. The number of aromatic nitrogens is 5. The Hall–Kier alpha value is -12.7. The lowest BCUT2D eigenvalue weighted by Crippen LogP contribution is -1.96. The van der Waals surface area contributed by atoms with E-state index in [9.17, 15) is 0 Å². The number of rotatable bonds is 11. The molecule has 0 unspecified atom stereocenters. The first-order valence-corrected chi connectivity index (χ1v) is 35.5. The van der Waals surface area contributed by atoms with Gasteiger partial charge in [-0.3, -0.25) is 0 Å². The summed E-state index contributed by atoms with van der Waals surface area (Å²) >= 11 is 3.74. The Morgan fingerprint density at radius 2 is 0.570 bits per heavy atom. The lowest BCUT2D eigenvalue weighted by molar-refractivity contribution is 1.18. The molecular weight excluding hydrogens is 1250 g/mol. The maximum absolute atomic E-state index is 5.46. The predicted molar refractivity (Wildman–Crippen MR) is 423 cm³/mol. The summed E-state index contributed by atoms with van der Waals surface area (Å²) in [6.45, 7) is 0. The molecule has 5 nitrogen and oxygen atoms in total. The second kappa shape index (κ2) is 23.6. The molecule has 0 bridgehead atoms. The smallest absolute Gasteiger partial charge is 0.161 e. The summed E-state index contributed by atoms with van der Waals surface area (Å²) in [7, 11) is 0. The number of thiophene rings is 2. The molecule has 6 aromatic heterocycles. The summed E-state index contributed by atoms with van der Waals surface area (Å²) in [6.07, 6.45) is 0. The van der Waals surface area contributed by atoms with Crippen LogP contribution in [0, 0.1) is 0 Å². The van der Waals surface area contributed by atoms with E-state index in [1.807, 2.05) is 22.7 Å². The minimum Gasteiger partial charge on any atom is -0.309 e. The van der Waals surface area contributed by atoms with Gasteiger partial charge in [0, 0.05) is 101 Å². The first-order valence-electron chi connectivity index (χ1n) is 33.9. The van der Waals surface area contributed by atoms with Crippen molar-refractivity contribution in [3.05, 3.63) is 346 Å². The van der Waals surface area contributed by atoms with Crippen molar-refractivity contribution in [1.82, 2.24) is 24.1 Å². The minimum atomic E-state index is 0.703. The molecule has 20 rings (SSSR count). The molecule has 6 heterocycles. The van der Waals surface area contributed by atoms with Gasteiger partial charge in [0.2, 0.25) is 0 Å². The molecule has 7 heteroatoms. The minimum absolute atomic E-state index is 0.703. The van der Waals surface area contributed by atoms with Crippen molar-refractivity contribution in [2.75, 3.05) is 0 Å². The first-order chi connectivity index (χ1) is 49.6. The highest BCUT2D eigenvalue weighted by molar-refractivity contribution is 7.27. The van der Waals surface area contributed by atoms with Crippen LogP contribution in [0.1, 0.15) is 0 Å². The standard InChI is InChI=1S/C93H57N5S2/c1-5-22-58(23-6-1)64-29-18-32-67(53-64)80-56-68(55-79(94-80)60-24-7-2-8-25-60)71-38-20-39-72-74-49-51-86-88(91(74)99-89(71)72)77-37-14-16-43-84(77)98(86)70-35-19-31-66(54-70)65-30-17-28-63(52-65)59-44-46-62(47-45-59)82-57-81(61-26-9-3-10-27-61)95-93(96-82)78-41-21-40-73-75-48-50-85-87(92(75)100-90(73)78)76-36-13-15-42-83(76)97(85)69-33-11-4-12-34-69/h1-57H. The van der Waals surface area contributed by atoms with Gasteiger partial charge in [0.25, 0.3) is 0 Å². The molecule has 0 N–H and O–H groups in total. The lowest BCUT2D eigenvalue weighted by Gasteiger charge is -2.12. The normalized spacial score (nSPS) is 11.8. The summed E-state index contributed by atoms with van der Waals surface area (Å²) in [5, 5.41) is 9.96. The highest BCUT2D eigenvalue weighted by atomic mass is 32.1. The monoisotopic (exact) mass is 1310 g/mol. The average Bonchev–Trinajstić information content (AvgIpc) is 1.56. The molecule has 0 saturated heterocycles. The van der Waals surface area contributed by atoms with Gasteiger partial charge in [-0.2, -0.15) is 0 Å². The Morgan fingerprint density at radius 3 is 1.16 bits per heavy atom. The number of benzene rings is 14. The van der Waals surface area contributed by atoms with Crippen molar-refractivity contribution >= 4 is 107 Å². The number of pyridine rings is 1. The van der Waals surface area contributed by atoms with Crippen LogP contribution in [0.25, 0.3) is 196 Å². The van der Waals surface area contributed by atoms with Crippen LogP contribution in [0.3, 0.4) is 0 Å². The molecule has 0 aliphatic heterocycles. The van der Waals surface area contributed by atoms with Crippen LogP contribution in [0.5, 0.6) is 0 Å². The molecule has 0 radical (unpaired) electrons. The van der Waals surface area contributed by atoms with Gasteiger partial charge in [-0.15, -0.1) is 22.7 Å². The molecule has 14 aromatic carbocycles. The Kier molecular flexibility index (Phi) is 13.6. The van der Waals surface area contributed by atoms with Gasteiger partial charge in [-0.25, -0.2) is 15.0 Å². The molecule has 0 spiro atoms. The Balaban J connectivity index is 0.647. The molecule has 0 saturated carbocycles. The van der Waals surface area contributed by atoms with E-state index in [-0.39, 0.29) is 0 Å². The molecule has 0 aliphatic rings. The maximum Gasteiger partial charge on any atom is 0.161 e. The second-order valence-corrected chi connectivity index (χ2v) is 27.8. The van der Waals surface area contributed by atoms with E-state index in [4.69, 9.17) is 15.0 Å². The van der Waals surface area contributed by atoms with Gasteiger partial charge < -0.3 is 9.13 Å². The Labute approximate surface area is 584 Å². The van der Waals surface area contributed by atoms with Gasteiger partial charge in [-0.1, -0.05) is 261 Å². The number of fused-ring (bicyclic) bond motifs is 14. The molecular formula is C93H57N5S2. The van der Waals surface area contributed by atoms with E-state index in [0.29, 0.717) is 5.82 Å². The van der Waals surface area contributed by atoms with Crippen LogP contribution in [0.15, 0.2) is 346 Å². The SMILES string of the molecule is c1ccc(-c2cccc(-c3cc(-c4cccc5c4sc4c5ccc5c4c4ccccc4n5-c4cccc(-c5cccc(-c6ccc(-c7cc(-c8ccccc8)nc(-c8cccc9c8sc8c9ccc9c8c8ccccc8n9-c8ccccc8)n7)cc6)c5)c4)cc(-c4ccccc4)n3)c2)cc1. The van der Waals surface area contributed by atoms with Crippen LogP contribution in [0.2, 0.25) is 0 Å². The van der Waals surface area contributed by atoms with Crippen molar-refractivity contribution in [2.24, 2.45) is 0 Å². The summed E-state index contributed by atoms with van der Waals surface area (Å²) in [4.78, 5) is 16.2. The quantitative estimate of drug-likeness (QED) is 0.130. The highest BCUT2D eigenvalue weighted by Gasteiger charge is 2.24. The number of hydrogen-bond acceptors (Lipinski definition) is 5. The van der Waals surface area contributed by atoms with Crippen LogP contribution in [-0.2, 0) is 0 Å². The first kappa shape index (κ1) is 57.6. The van der Waals surface area contributed by atoms with E-state index >= 15 is 0 Å². The van der Waals surface area contributed by atoms with Crippen LogP contribution < -0.4 is 0 Å². The third-order valence-electron chi connectivity index (χ3n) is 19.9. The highest BCUT2D eigenvalue weighted by Crippen LogP contribution is 2.49. The fourth-order valence-electron chi connectivity index (χ4n) is 15.2. The van der Waals surface area contributed by atoms with Gasteiger partial charge in [0.15, 0.2) is 5.82 Å². The average molecular weight is 1310 g/mol. The third-order valence-corrected chi connectivity index (χ3v) is 22.5. The number of hydrogen-bond donors (Lipinski definition) is 0. The van der Waals surface area contributed by atoms with E-state index in [1.165, 1.54) is 101 Å². The predicted octanol–water partition coefficient (Wildman–Crippen LogP) is 25.8. The molecule has 20 aromatic rings. The van der Waals surface area contributed by atoms with E-state index in [2.05, 4.69) is 355 Å². The fourth-order valence-corrected chi connectivity index (χ4v) is 18.0. The molecule has 0 aliphatic carbocycles. The molecule has 0 fully saturated rings. The Bertz CT molecular complexity index is 6630. The van der Waals surface area contributed by atoms with Gasteiger partial charge in [0.05, 0.1) is 44.8 Å². The molecule has 0 atom stereocenters. The maximum atomic E-state index is 5.46. The van der Waals surface area contributed by atoms with Crippen molar-refractivity contribution in [2.45, 2.75) is 0 Å². The van der Waals surface area contributed by atoms with Crippen molar-refractivity contribution in [3.8, 4) is 112 Å². The zero-order chi connectivity index (χ0) is 65.8. The van der Waals surface area contributed by atoms with Crippen LogP contribution >= 0.6 is 22.7 Å². The van der Waals surface area contributed by atoms with Crippen molar-refractivity contribution < 1.29 is 0 Å². The topological polar surface area (TPSA) is 48.5 Å². The lowest BCUT2D eigenvalue weighted by atomic mass is 9.97. The molecule has 0 amide bonds. The zero-order valence-corrected chi connectivity index (χ0v) is 55.6. The van der Waals surface area contributed by atoms with E-state index < -0.39 is 0 Å². The fraction of sp³-hybridized carbons (Fsp3) is 0. The van der Waals surface area contributed by atoms with E-state index in [1.54, 1.807) is 0 Å². The van der Waals surface area contributed by atoms with E-state index in [0.717, 1.165) is 89.8 Å². The van der Waals surface area contributed by atoms with Crippen molar-refractivity contribution in [1.29, 1.82) is 0 Å². The summed E-state index contributed by atoms with van der Waals surface area (Å²) < 4.78 is 9.84. The largest absolute Gasteiger partial charge is 0.309 e. The molecule has 100 heavy (non-hydrogen) atoms. The second-order valence-electron chi connectivity index (χ2n) is 25.8. The summed E-state index contributed by atoms with van der Waals surface area (Å²) in [5.41, 5.74) is 25.1. The Morgan fingerprint density at radius 1 is 0.200 bits per heavy atom. The number of nitrogens with zero attached hydrogens (tertiary/aromatic N) is 5. The summed E-state index contributed by atoms with van der Waals surface area (Å²) in [6, 6.07) is 125. The van der Waals surface area contributed by atoms with Crippen LogP contribution in [0.4, 0.5) is 0 Å².